The van der Waals surface area contributed by atoms with Crippen molar-refractivity contribution in [3.05, 3.63) is 65.7 Å². The number of aromatic amines is 1. The fraction of sp³-hybridized carbons (Fsp3) is 0.333. The van der Waals surface area contributed by atoms with Gasteiger partial charge in [-0.1, -0.05) is 19.6 Å². The lowest BCUT2D eigenvalue weighted by atomic mass is 9.80. The SMILES string of the molecule is C=C(Nc1ccc(C2CCC(F)(F)CC2)c(C#N)c1)Nc1c[nH]c2ccc(CC)nc12. The number of anilines is 2. The molecule has 3 aromatic rings. The third-order valence-corrected chi connectivity index (χ3v) is 5.85. The van der Waals surface area contributed by atoms with Gasteiger partial charge >= 0.3 is 0 Å². The Labute approximate surface area is 180 Å². The number of fused-ring (bicyclic) bond motifs is 1. The summed E-state index contributed by atoms with van der Waals surface area (Å²) in [5, 5.41) is 16.0. The summed E-state index contributed by atoms with van der Waals surface area (Å²) in [7, 11) is 0. The maximum Gasteiger partial charge on any atom is 0.248 e. The van der Waals surface area contributed by atoms with Crippen molar-refractivity contribution in [1.82, 2.24) is 9.97 Å². The van der Waals surface area contributed by atoms with Gasteiger partial charge in [-0.25, -0.2) is 13.8 Å². The Kier molecular flexibility index (Phi) is 5.64. The number of benzene rings is 1. The summed E-state index contributed by atoms with van der Waals surface area (Å²) >= 11 is 0. The van der Waals surface area contributed by atoms with E-state index in [1.54, 1.807) is 6.07 Å². The molecule has 0 saturated heterocycles. The number of rotatable bonds is 6. The largest absolute Gasteiger partial charge is 0.358 e. The molecule has 1 aliphatic rings. The minimum absolute atomic E-state index is 0.00490. The van der Waals surface area contributed by atoms with Crippen LogP contribution >= 0.6 is 0 Å². The van der Waals surface area contributed by atoms with E-state index in [9.17, 15) is 14.0 Å². The highest BCUT2D eigenvalue weighted by molar-refractivity contribution is 5.89. The maximum atomic E-state index is 13.5. The first-order valence-corrected chi connectivity index (χ1v) is 10.5. The van der Waals surface area contributed by atoms with Crippen molar-refractivity contribution in [2.75, 3.05) is 10.6 Å². The zero-order valence-corrected chi connectivity index (χ0v) is 17.4. The van der Waals surface area contributed by atoms with Crippen molar-refractivity contribution in [1.29, 1.82) is 5.26 Å². The van der Waals surface area contributed by atoms with Crippen molar-refractivity contribution in [2.45, 2.75) is 50.9 Å². The van der Waals surface area contributed by atoms with Crippen LogP contribution in [0.3, 0.4) is 0 Å². The third kappa shape index (κ3) is 4.53. The van der Waals surface area contributed by atoms with Crippen molar-refractivity contribution in [3.8, 4) is 6.07 Å². The van der Waals surface area contributed by atoms with Gasteiger partial charge in [0, 0.05) is 30.4 Å². The number of alkyl halides is 2. The Morgan fingerprint density at radius 2 is 2.03 bits per heavy atom. The first-order chi connectivity index (χ1) is 14.9. The predicted molar refractivity (Wildman–Crippen MR) is 119 cm³/mol. The third-order valence-electron chi connectivity index (χ3n) is 5.85. The Morgan fingerprint density at radius 3 is 2.74 bits per heavy atom. The van der Waals surface area contributed by atoms with Crippen molar-refractivity contribution in [3.63, 3.8) is 0 Å². The minimum Gasteiger partial charge on any atom is -0.358 e. The number of nitrogens with one attached hydrogen (secondary N) is 3. The van der Waals surface area contributed by atoms with Gasteiger partial charge in [0.1, 0.15) is 11.3 Å². The fourth-order valence-corrected chi connectivity index (χ4v) is 4.14. The lowest BCUT2D eigenvalue weighted by Gasteiger charge is -2.29. The standard InChI is InChI=1S/C24H25F2N5/c1-3-18-5-7-21-23(31-18)22(14-28-21)30-15(2)29-19-4-6-20(17(12-19)13-27)16-8-10-24(25,26)11-9-16/h4-7,12,14,16,28-30H,2-3,8-11H2,1H3. The summed E-state index contributed by atoms with van der Waals surface area (Å²) in [6.07, 6.45) is 3.24. The first kappa shape index (κ1) is 20.9. The molecule has 1 saturated carbocycles. The lowest BCUT2D eigenvalue weighted by Crippen LogP contribution is -2.24. The molecule has 2 aromatic heterocycles. The van der Waals surface area contributed by atoms with Gasteiger partial charge < -0.3 is 15.6 Å². The van der Waals surface area contributed by atoms with Crippen molar-refractivity contribution >= 4 is 22.4 Å². The van der Waals surface area contributed by atoms with Crippen LogP contribution in [0.15, 0.2) is 48.9 Å². The van der Waals surface area contributed by atoms with Crippen LogP contribution in [0, 0.1) is 11.3 Å². The van der Waals surface area contributed by atoms with E-state index in [4.69, 9.17) is 0 Å². The maximum absolute atomic E-state index is 13.5. The van der Waals surface area contributed by atoms with Crippen LogP contribution in [0.4, 0.5) is 20.2 Å². The van der Waals surface area contributed by atoms with Gasteiger partial charge in [-0.2, -0.15) is 5.26 Å². The van der Waals surface area contributed by atoms with Gasteiger partial charge in [0.25, 0.3) is 0 Å². The summed E-state index contributed by atoms with van der Waals surface area (Å²) in [6, 6.07) is 11.7. The van der Waals surface area contributed by atoms with E-state index in [0.717, 1.165) is 34.4 Å². The van der Waals surface area contributed by atoms with Crippen LogP contribution < -0.4 is 10.6 Å². The Bertz CT molecular complexity index is 1150. The summed E-state index contributed by atoms with van der Waals surface area (Å²) in [6.45, 7) is 6.09. The minimum atomic E-state index is -2.58. The first-order valence-electron chi connectivity index (χ1n) is 10.5. The molecule has 5 nitrogen and oxygen atoms in total. The Balaban J connectivity index is 1.47. The van der Waals surface area contributed by atoms with E-state index in [0.29, 0.717) is 29.9 Å². The molecule has 0 amide bonds. The molecule has 0 atom stereocenters. The Morgan fingerprint density at radius 1 is 1.26 bits per heavy atom. The molecule has 4 rings (SSSR count). The van der Waals surface area contributed by atoms with Crippen LogP contribution in [0.2, 0.25) is 0 Å². The molecule has 2 heterocycles. The van der Waals surface area contributed by atoms with Gasteiger partial charge in [-0.3, -0.25) is 0 Å². The summed E-state index contributed by atoms with van der Waals surface area (Å²) in [4.78, 5) is 7.84. The molecule has 1 aromatic carbocycles. The smallest absolute Gasteiger partial charge is 0.248 e. The van der Waals surface area contributed by atoms with Crippen molar-refractivity contribution < 1.29 is 8.78 Å². The van der Waals surface area contributed by atoms with Gasteiger partial charge in [0.2, 0.25) is 5.92 Å². The second kappa shape index (κ2) is 8.38. The predicted octanol–water partition coefficient (Wildman–Crippen LogP) is 6.29. The monoisotopic (exact) mass is 421 g/mol. The quantitative estimate of drug-likeness (QED) is 0.437. The molecule has 31 heavy (non-hydrogen) atoms. The van der Waals surface area contributed by atoms with E-state index >= 15 is 0 Å². The molecule has 0 radical (unpaired) electrons. The number of aromatic nitrogens is 2. The van der Waals surface area contributed by atoms with E-state index in [1.807, 2.05) is 30.5 Å². The zero-order valence-electron chi connectivity index (χ0n) is 17.4. The van der Waals surface area contributed by atoms with Gasteiger partial charge in [0.05, 0.1) is 22.8 Å². The number of H-pyrrole nitrogens is 1. The van der Waals surface area contributed by atoms with Gasteiger partial charge in [0.15, 0.2) is 0 Å². The Hall–Kier alpha value is -3.40. The normalized spacial score (nSPS) is 16.1. The molecule has 0 aliphatic heterocycles. The summed E-state index contributed by atoms with van der Waals surface area (Å²) in [5.41, 5.74) is 5.64. The van der Waals surface area contributed by atoms with Crippen LogP contribution in [0.25, 0.3) is 11.0 Å². The van der Waals surface area contributed by atoms with Crippen LogP contribution in [0.5, 0.6) is 0 Å². The molecular weight excluding hydrogens is 396 g/mol. The van der Waals surface area contributed by atoms with Crippen LogP contribution in [0.1, 0.15) is 55.3 Å². The number of hydrogen-bond acceptors (Lipinski definition) is 4. The number of halogens is 2. The van der Waals surface area contributed by atoms with Crippen LogP contribution in [-0.4, -0.2) is 15.9 Å². The lowest BCUT2D eigenvalue weighted by molar-refractivity contribution is -0.0382. The van der Waals surface area contributed by atoms with E-state index in [1.165, 1.54) is 0 Å². The number of hydrogen-bond donors (Lipinski definition) is 3. The number of pyridine rings is 1. The molecule has 0 spiro atoms. The van der Waals surface area contributed by atoms with E-state index in [2.05, 4.69) is 40.2 Å². The van der Waals surface area contributed by atoms with E-state index in [-0.39, 0.29) is 18.8 Å². The molecular formula is C24H25F2N5. The van der Waals surface area contributed by atoms with Crippen molar-refractivity contribution in [2.24, 2.45) is 0 Å². The molecule has 3 N–H and O–H groups in total. The number of aryl methyl sites for hydroxylation is 1. The zero-order chi connectivity index (χ0) is 22.0. The van der Waals surface area contributed by atoms with Crippen LogP contribution in [-0.2, 0) is 6.42 Å². The molecule has 1 aliphatic carbocycles. The number of nitrogens with zero attached hydrogens (tertiary/aromatic N) is 2. The fourth-order valence-electron chi connectivity index (χ4n) is 4.14. The highest BCUT2D eigenvalue weighted by Crippen LogP contribution is 2.42. The summed E-state index contributed by atoms with van der Waals surface area (Å²) < 4.78 is 27.0. The molecule has 7 heteroatoms. The molecule has 0 bridgehead atoms. The number of nitriles is 1. The topological polar surface area (TPSA) is 76.5 Å². The molecule has 160 valence electrons. The van der Waals surface area contributed by atoms with Gasteiger partial charge in [-0.15, -0.1) is 0 Å². The second-order valence-electron chi connectivity index (χ2n) is 8.03. The highest BCUT2D eigenvalue weighted by atomic mass is 19.3. The molecule has 0 unspecified atom stereocenters. The average molecular weight is 421 g/mol. The highest BCUT2D eigenvalue weighted by Gasteiger charge is 2.36. The summed E-state index contributed by atoms with van der Waals surface area (Å²) in [5.74, 6) is -2.04. The average Bonchev–Trinajstić information content (AvgIpc) is 3.15. The molecule has 1 fully saturated rings. The van der Waals surface area contributed by atoms with Gasteiger partial charge in [-0.05, 0) is 55.0 Å². The second-order valence-corrected chi connectivity index (χ2v) is 8.03. The van der Waals surface area contributed by atoms with E-state index < -0.39 is 5.92 Å².